The van der Waals surface area contributed by atoms with E-state index in [0.717, 1.165) is 95.2 Å². The van der Waals surface area contributed by atoms with Crippen LogP contribution in [0, 0.1) is 11.3 Å². The molecule has 0 atom stereocenters. The van der Waals surface area contributed by atoms with Crippen molar-refractivity contribution < 1.29 is 4.74 Å². The lowest BCUT2D eigenvalue weighted by Gasteiger charge is -2.39. The number of aromatic nitrogens is 2. The number of rotatable bonds is 5. The van der Waals surface area contributed by atoms with Crippen molar-refractivity contribution in [1.29, 1.82) is 5.26 Å². The van der Waals surface area contributed by atoms with Crippen LogP contribution >= 0.6 is 0 Å². The van der Waals surface area contributed by atoms with Gasteiger partial charge in [0.15, 0.2) is 5.82 Å². The van der Waals surface area contributed by atoms with Gasteiger partial charge >= 0.3 is 0 Å². The molecule has 0 bridgehead atoms. The molecule has 2 aliphatic rings. The first-order valence-electron chi connectivity index (χ1n) is 19.5. The molecule has 1 aromatic heterocycles. The van der Waals surface area contributed by atoms with Crippen LogP contribution in [0.5, 0.6) is 11.5 Å². The molecule has 1 spiro atoms. The Morgan fingerprint density at radius 2 is 0.862 bits per heavy atom. The van der Waals surface area contributed by atoms with Crippen LogP contribution in [0.2, 0.25) is 0 Å². The fourth-order valence-corrected chi connectivity index (χ4v) is 9.12. The second kappa shape index (κ2) is 13.4. The molecule has 8 aromatic carbocycles. The van der Waals surface area contributed by atoms with E-state index in [1.807, 2.05) is 72.8 Å². The molecule has 0 amide bonds. The Hall–Kier alpha value is -7.87. The summed E-state index contributed by atoms with van der Waals surface area (Å²) in [7, 11) is 0. The van der Waals surface area contributed by atoms with Crippen LogP contribution in [0.4, 0.5) is 0 Å². The largest absolute Gasteiger partial charge is 0.457 e. The molecule has 4 nitrogen and oxygen atoms in total. The molecule has 1 aliphatic carbocycles. The van der Waals surface area contributed by atoms with Gasteiger partial charge in [-0.2, -0.15) is 5.26 Å². The van der Waals surface area contributed by atoms with Crippen molar-refractivity contribution in [3.8, 4) is 84.9 Å². The van der Waals surface area contributed by atoms with Gasteiger partial charge in [0.05, 0.1) is 28.4 Å². The van der Waals surface area contributed by atoms with Crippen molar-refractivity contribution in [3.63, 3.8) is 0 Å². The van der Waals surface area contributed by atoms with Gasteiger partial charge in [-0.25, -0.2) is 9.97 Å². The monoisotopic (exact) mass is 739 g/mol. The average molecular weight is 740 g/mol. The fraction of sp³-hybridized carbons (Fsp3) is 0.0185. The van der Waals surface area contributed by atoms with E-state index >= 15 is 0 Å². The molecule has 0 N–H and O–H groups in total. The molecule has 270 valence electrons. The quantitative estimate of drug-likeness (QED) is 0.176. The van der Waals surface area contributed by atoms with Gasteiger partial charge in [-0.05, 0) is 75.3 Å². The maximum Gasteiger partial charge on any atom is 0.160 e. The van der Waals surface area contributed by atoms with Crippen LogP contribution in [-0.2, 0) is 5.41 Å². The lowest BCUT2D eigenvalue weighted by atomic mass is 9.66. The van der Waals surface area contributed by atoms with Gasteiger partial charge in [-0.15, -0.1) is 0 Å². The summed E-state index contributed by atoms with van der Waals surface area (Å²) >= 11 is 0. The van der Waals surface area contributed by atoms with E-state index in [2.05, 4.69) is 133 Å². The third-order valence-electron chi connectivity index (χ3n) is 11.6. The highest BCUT2D eigenvalue weighted by atomic mass is 16.5. The second-order valence-corrected chi connectivity index (χ2v) is 14.8. The molecular formula is C54H33N3O. The Bertz CT molecular complexity index is 3010. The van der Waals surface area contributed by atoms with Crippen LogP contribution in [0.3, 0.4) is 0 Å². The van der Waals surface area contributed by atoms with Gasteiger partial charge in [-0.3, -0.25) is 0 Å². The van der Waals surface area contributed by atoms with Crippen molar-refractivity contribution >= 4 is 0 Å². The lowest BCUT2D eigenvalue weighted by Crippen LogP contribution is -2.32. The first-order valence-corrected chi connectivity index (χ1v) is 19.5. The Balaban J connectivity index is 1.07. The number of hydrogen-bond acceptors (Lipinski definition) is 4. The number of benzene rings is 8. The summed E-state index contributed by atoms with van der Waals surface area (Å²) in [6.45, 7) is 0. The minimum absolute atomic E-state index is 0.654. The first kappa shape index (κ1) is 33.5. The standard InChI is InChI=1S/C54H33N3O/c55-34-41-23-13-27-45-51(41)52-42(24-14-28-46(52)54(45)43-25-7-9-29-49(43)58-50-30-10-8-26-44(50)54)39-21-11-19-37(31-39)38-20-12-22-40(32-38)53-56-47(35-15-3-1-4-16-35)33-48(57-53)36-17-5-2-6-18-36/h1-33H. The average Bonchev–Trinajstić information content (AvgIpc) is 3.60. The van der Waals surface area contributed by atoms with Gasteiger partial charge in [0, 0.05) is 33.4 Å². The van der Waals surface area contributed by atoms with Gasteiger partial charge in [0.25, 0.3) is 0 Å². The highest BCUT2D eigenvalue weighted by Crippen LogP contribution is 2.63. The Morgan fingerprint density at radius 3 is 1.48 bits per heavy atom. The fourth-order valence-electron chi connectivity index (χ4n) is 9.12. The molecule has 1 aliphatic heterocycles. The molecule has 11 rings (SSSR count). The normalized spacial score (nSPS) is 12.7. The van der Waals surface area contributed by atoms with E-state index in [9.17, 15) is 5.26 Å². The third-order valence-corrected chi connectivity index (χ3v) is 11.6. The summed E-state index contributed by atoms with van der Waals surface area (Å²) in [4.78, 5) is 10.2. The van der Waals surface area contributed by atoms with Crippen LogP contribution in [-0.4, -0.2) is 9.97 Å². The van der Waals surface area contributed by atoms with Crippen LogP contribution in [0.15, 0.2) is 200 Å². The van der Waals surface area contributed by atoms with Crippen LogP contribution in [0.25, 0.3) is 67.3 Å². The summed E-state index contributed by atoms with van der Waals surface area (Å²) in [5, 5.41) is 10.7. The van der Waals surface area contributed by atoms with Gasteiger partial charge in [0.2, 0.25) is 0 Å². The van der Waals surface area contributed by atoms with Crippen LogP contribution < -0.4 is 4.74 Å². The van der Waals surface area contributed by atoms with E-state index in [0.29, 0.717) is 11.4 Å². The molecular weight excluding hydrogens is 707 g/mol. The Kier molecular flexibility index (Phi) is 7.74. The molecule has 0 radical (unpaired) electrons. The van der Waals surface area contributed by atoms with E-state index in [4.69, 9.17) is 14.7 Å². The molecule has 0 fully saturated rings. The maximum atomic E-state index is 10.7. The number of nitrogens with zero attached hydrogens (tertiary/aromatic N) is 3. The molecule has 0 unspecified atom stereocenters. The smallest absolute Gasteiger partial charge is 0.160 e. The van der Waals surface area contributed by atoms with Crippen molar-refractivity contribution in [3.05, 3.63) is 228 Å². The highest BCUT2D eigenvalue weighted by molar-refractivity contribution is 5.99. The minimum Gasteiger partial charge on any atom is -0.457 e. The topological polar surface area (TPSA) is 58.8 Å². The molecule has 9 aromatic rings. The SMILES string of the molecule is N#Cc1cccc2c1-c1c(-c3cccc(-c4cccc(-c5nc(-c6ccccc6)cc(-c6ccccc6)n5)c4)c3)cccc1C21c2ccccc2Oc2ccccc21. The molecule has 58 heavy (non-hydrogen) atoms. The summed E-state index contributed by atoms with van der Waals surface area (Å²) in [5.74, 6) is 2.31. The number of fused-ring (bicyclic) bond motifs is 9. The minimum atomic E-state index is -0.669. The number of hydrogen-bond donors (Lipinski definition) is 0. The zero-order valence-corrected chi connectivity index (χ0v) is 31.3. The summed E-state index contributed by atoms with van der Waals surface area (Å²) < 4.78 is 6.56. The molecule has 2 heterocycles. The summed E-state index contributed by atoms with van der Waals surface area (Å²) in [5.41, 5.74) is 15.4. The van der Waals surface area contributed by atoms with E-state index in [1.165, 1.54) is 0 Å². The van der Waals surface area contributed by atoms with Gasteiger partial charge in [-0.1, -0.05) is 164 Å². The van der Waals surface area contributed by atoms with E-state index in [1.54, 1.807) is 0 Å². The van der Waals surface area contributed by atoms with Crippen molar-refractivity contribution in [2.75, 3.05) is 0 Å². The Morgan fingerprint density at radius 1 is 0.397 bits per heavy atom. The molecule has 4 heteroatoms. The summed E-state index contributed by atoms with van der Waals surface area (Å²) in [6, 6.07) is 71.7. The zero-order chi connectivity index (χ0) is 38.6. The second-order valence-electron chi connectivity index (χ2n) is 14.8. The third kappa shape index (κ3) is 5.15. The van der Waals surface area contributed by atoms with E-state index in [-0.39, 0.29) is 0 Å². The molecule has 0 saturated heterocycles. The zero-order valence-electron chi connectivity index (χ0n) is 31.3. The van der Waals surface area contributed by atoms with Crippen LogP contribution in [0.1, 0.15) is 27.8 Å². The predicted octanol–water partition coefficient (Wildman–Crippen LogP) is 13.2. The number of nitriles is 1. The van der Waals surface area contributed by atoms with Crippen molar-refractivity contribution in [1.82, 2.24) is 9.97 Å². The number of ether oxygens (including phenoxy) is 1. The molecule has 0 saturated carbocycles. The van der Waals surface area contributed by atoms with Crippen molar-refractivity contribution in [2.24, 2.45) is 0 Å². The number of para-hydroxylation sites is 2. The maximum absolute atomic E-state index is 10.7. The lowest BCUT2D eigenvalue weighted by molar-refractivity contribution is 0.436. The predicted molar refractivity (Wildman–Crippen MR) is 231 cm³/mol. The van der Waals surface area contributed by atoms with E-state index < -0.39 is 5.41 Å². The Labute approximate surface area is 337 Å². The van der Waals surface area contributed by atoms with Crippen molar-refractivity contribution in [2.45, 2.75) is 5.41 Å². The first-order chi connectivity index (χ1) is 28.7. The van der Waals surface area contributed by atoms with Gasteiger partial charge in [0.1, 0.15) is 11.5 Å². The highest BCUT2D eigenvalue weighted by Gasteiger charge is 2.52. The van der Waals surface area contributed by atoms with Gasteiger partial charge < -0.3 is 4.74 Å². The summed E-state index contributed by atoms with van der Waals surface area (Å²) in [6.07, 6.45) is 0.